The molecule has 0 amide bonds. The van der Waals surface area contributed by atoms with Gasteiger partial charge in [-0.15, -0.1) is 11.3 Å². The van der Waals surface area contributed by atoms with Crippen LogP contribution in [0.15, 0.2) is 23.8 Å². The lowest BCUT2D eigenvalue weighted by molar-refractivity contribution is 0.0696. The maximum atomic E-state index is 10.6. The van der Waals surface area contributed by atoms with E-state index in [1.807, 2.05) is 6.92 Å². The first kappa shape index (κ1) is 11.5. The first-order chi connectivity index (χ1) is 8.16. The average molecular weight is 249 g/mol. The number of anilines is 1. The molecule has 88 valence electrons. The van der Waals surface area contributed by atoms with E-state index in [9.17, 15) is 4.79 Å². The molecule has 0 atom stereocenters. The summed E-state index contributed by atoms with van der Waals surface area (Å²) in [6.07, 6.45) is 1.34. The van der Waals surface area contributed by atoms with Crippen molar-refractivity contribution in [1.29, 1.82) is 0 Å². The Bertz CT molecular complexity index is 522. The molecule has 0 saturated heterocycles. The number of rotatable bonds is 4. The van der Waals surface area contributed by atoms with Crippen LogP contribution in [0.25, 0.3) is 0 Å². The molecule has 2 heterocycles. The van der Waals surface area contributed by atoms with Crippen LogP contribution in [0.4, 0.5) is 5.82 Å². The number of hydrogen-bond donors (Lipinski definition) is 2. The molecule has 0 fully saturated rings. The molecule has 6 heteroatoms. The van der Waals surface area contributed by atoms with Crippen molar-refractivity contribution in [1.82, 2.24) is 9.97 Å². The van der Waals surface area contributed by atoms with E-state index in [1.165, 1.54) is 12.3 Å². The van der Waals surface area contributed by atoms with Crippen LogP contribution < -0.4 is 5.32 Å². The van der Waals surface area contributed by atoms with E-state index in [0.29, 0.717) is 12.4 Å². The smallest absolute Gasteiger partial charge is 0.337 e. The number of nitrogens with one attached hydrogen (secondary N) is 1. The minimum atomic E-state index is -0.970. The molecule has 2 rings (SSSR count). The van der Waals surface area contributed by atoms with Crippen molar-refractivity contribution in [3.63, 3.8) is 0 Å². The standard InChI is InChI=1S/C11H11N3O2S/c1-7-9(17-6-14-7)5-13-10-3-2-8(4-12-10)11(15)16/h2-4,6H,5H2,1H3,(H,12,13)(H,15,16). The fraction of sp³-hybridized carbons (Fsp3) is 0.182. The molecule has 2 aromatic rings. The Morgan fingerprint density at radius 2 is 2.29 bits per heavy atom. The Morgan fingerprint density at radius 1 is 1.47 bits per heavy atom. The van der Waals surface area contributed by atoms with Crippen LogP contribution in [-0.4, -0.2) is 21.0 Å². The molecule has 2 N–H and O–H groups in total. The monoisotopic (exact) mass is 249 g/mol. The number of carboxylic acids is 1. The van der Waals surface area contributed by atoms with Crippen molar-refractivity contribution in [2.24, 2.45) is 0 Å². The molecule has 17 heavy (non-hydrogen) atoms. The lowest BCUT2D eigenvalue weighted by atomic mass is 10.3. The average Bonchev–Trinajstić information content (AvgIpc) is 2.73. The van der Waals surface area contributed by atoms with Crippen LogP contribution in [-0.2, 0) is 6.54 Å². The minimum absolute atomic E-state index is 0.185. The molecule has 0 aromatic carbocycles. The molecule has 5 nitrogen and oxygen atoms in total. The Hall–Kier alpha value is -1.95. The third-order valence-electron chi connectivity index (χ3n) is 2.29. The third kappa shape index (κ3) is 2.79. The normalized spacial score (nSPS) is 10.2. The summed E-state index contributed by atoms with van der Waals surface area (Å²) in [5, 5.41) is 11.8. The van der Waals surface area contributed by atoms with Gasteiger partial charge in [0.05, 0.1) is 23.3 Å². The lowest BCUT2D eigenvalue weighted by Gasteiger charge is -2.04. The van der Waals surface area contributed by atoms with Crippen molar-refractivity contribution < 1.29 is 9.90 Å². The van der Waals surface area contributed by atoms with Crippen molar-refractivity contribution >= 4 is 23.1 Å². The van der Waals surface area contributed by atoms with E-state index in [2.05, 4.69) is 15.3 Å². The molecule has 0 radical (unpaired) electrons. The van der Waals surface area contributed by atoms with Crippen LogP contribution in [0.5, 0.6) is 0 Å². The SMILES string of the molecule is Cc1ncsc1CNc1ccc(C(=O)O)cn1. The summed E-state index contributed by atoms with van der Waals surface area (Å²) in [5.74, 6) is -0.315. The summed E-state index contributed by atoms with van der Waals surface area (Å²) in [7, 11) is 0. The summed E-state index contributed by atoms with van der Waals surface area (Å²) in [4.78, 5) is 19.9. The molecule has 0 aliphatic rings. The zero-order chi connectivity index (χ0) is 12.3. The molecule has 0 saturated carbocycles. The van der Waals surface area contributed by atoms with E-state index >= 15 is 0 Å². The van der Waals surface area contributed by atoms with Gasteiger partial charge in [0.25, 0.3) is 0 Å². The van der Waals surface area contributed by atoms with Crippen LogP contribution in [0.1, 0.15) is 20.9 Å². The summed E-state index contributed by atoms with van der Waals surface area (Å²) in [6, 6.07) is 3.18. The molecule has 0 aliphatic heterocycles. The van der Waals surface area contributed by atoms with E-state index in [4.69, 9.17) is 5.11 Å². The fourth-order valence-corrected chi connectivity index (χ4v) is 2.01. The van der Waals surface area contributed by atoms with Crippen LogP contribution in [0, 0.1) is 6.92 Å². The summed E-state index contributed by atoms with van der Waals surface area (Å²) < 4.78 is 0. The quantitative estimate of drug-likeness (QED) is 0.868. The van der Waals surface area contributed by atoms with Crippen LogP contribution in [0.3, 0.4) is 0 Å². The Labute approximate surface area is 102 Å². The van der Waals surface area contributed by atoms with Gasteiger partial charge in [0.1, 0.15) is 5.82 Å². The maximum Gasteiger partial charge on any atom is 0.337 e. The number of carbonyl (C=O) groups is 1. The molecular weight excluding hydrogens is 238 g/mol. The second kappa shape index (κ2) is 4.92. The number of carboxylic acid groups (broad SMARTS) is 1. The van der Waals surface area contributed by atoms with E-state index in [-0.39, 0.29) is 5.56 Å². The fourth-order valence-electron chi connectivity index (χ4n) is 1.29. The van der Waals surface area contributed by atoms with Gasteiger partial charge in [-0.25, -0.2) is 14.8 Å². The van der Waals surface area contributed by atoms with E-state index in [0.717, 1.165) is 10.6 Å². The molecule has 0 aliphatic carbocycles. The Kier molecular flexibility index (Phi) is 3.34. The number of pyridine rings is 1. The largest absolute Gasteiger partial charge is 0.478 e. The zero-order valence-corrected chi connectivity index (χ0v) is 9.99. The molecule has 0 bridgehead atoms. The van der Waals surface area contributed by atoms with E-state index in [1.54, 1.807) is 22.9 Å². The molecular formula is C11H11N3O2S. The van der Waals surface area contributed by atoms with Crippen LogP contribution in [0.2, 0.25) is 0 Å². The van der Waals surface area contributed by atoms with Gasteiger partial charge in [0, 0.05) is 11.1 Å². The van der Waals surface area contributed by atoms with Crippen molar-refractivity contribution in [3.05, 3.63) is 40.0 Å². The Balaban J connectivity index is 2.00. The highest BCUT2D eigenvalue weighted by molar-refractivity contribution is 7.09. The number of nitrogens with zero attached hydrogens (tertiary/aromatic N) is 2. The van der Waals surface area contributed by atoms with Gasteiger partial charge in [0.15, 0.2) is 0 Å². The van der Waals surface area contributed by atoms with Crippen molar-refractivity contribution in [3.8, 4) is 0 Å². The molecule has 0 spiro atoms. The highest BCUT2D eigenvalue weighted by atomic mass is 32.1. The van der Waals surface area contributed by atoms with Gasteiger partial charge in [-0.3, -0.25) is 0 Å². The van der Waals surface area contributed by atoms with E-state index < -0.39 is 5.97 Å². The van der Waals surface area contributed by atoms with Gasteiger partial charge in [-0.2, -0.15) is 0 Å². The molecule has 0 unspecified atom stereocenters. The topological polar surface area (TPSA) is 75.1 Å². The molecule has 2 aromatic heterocycles. The number of aromatic carboxylic acids is 1. The maximum absolute atomic E-state index is 10.6. The summed E-state index contributed by atoms with van der Waals surface area (Å²) >= 11 is 1.58. The predicted molar refractivity (Wildman–Crippen MR) is 65.4 cm³/mol. The summed E-state index contributed by atoms with van der Waals surface area (Å²) in [6.45, 7) is 2.60. The first-order valence-corrected chi connectivity index (χ1v) is 5.87. The van der Waals surface area contributed by atoms with Crippen LogP contribution >= 0.6 is 11.3 Å². The number of hydrogen-bond acceptors (Lipinski definition) is 5. The second-order valence-electron chi connectivity index (χ2n) is 3.45. The Morgan fingerprint density at radius 3 is 2.82 bits per heavy atom. The summed E-state index contributed by atoms with van der Waals surface area (Å²) in [5.41, 5.74) is 2.99. The predicted octanol–water partition coefficient (Wildman–Crippen LogP) is 2.16. The number of thiazole rings is 1. The van der Waals surface area contributed by atoms with Gasteiger partial charge >= 0.3 is 5.97 Å². The highest BCUT2D eigenvalue weighted by Gasteiger charge is 2.04. The second-order valence-corrected chi connectivity index (χ2v) is 4.39. The minimum Gasteiger partial charge on any atom is -0.478 e. The van der Waals surface area contributed by atoms with Gasteiger partial charge in [-0.1, -0.05) is 0 Å². The first-order valence-electron chi connectivity index (χ1n) is 4.99. The highest BCUT2D eigenvalue weighted by Crippen LogP contribution is 2.14. The van der Waals surface area contributed by atoms with Gasteiger partial charge in [-0.05, 0) is 19.1 Å². The zero-order valence-electron chi connectivity index (χ0n) is 9.17. The van der Waals surface area contributed by atoms with Gasteiger partial charge in [0.2, 0.25) is 0 Å². The number of aromatic nitrogens is 2. The lowest BCUT2D eigenvalue weighted by Crippen LogP contribution is -2.03. The third-order valence-corrected chi connectivity index (χ3v) is 3.22. The number of aryl methyl sites for hydroxylation is 1. The van der Waals surface area contributed by atoms with Gasteiger partial charge < -0.3 is 10.4 Å². The van der Waals surface area contributed by atoms with Crippen molar-refractivity contribution in [2.75, 3.05) is 5.32 Å². The van der Waals surface area contributed by atoms with Crippen molar-refractivity contribution in [2.45, 2.75) is 13.5 Å².